The molecule has 22 heavy (non-hydrogen) atoms. The fourth-order valence-electron chi connectivity index (χ4n) is 2.16. The van der Waals surface area contributed by atoms with Gasteiger partial charge in [-0.1, -0.05) is 13.8 Å². The van der Waals surface area contributed by atoms with Gasteiger partial charge in [0.15, 0.2) is 5.96 Å². The normalized spacial score (nSPS) is 13.1. The molecule has 2 heterocycles. The van der Waals surface area contributed by atoms with E-state index in [1.807, 2.05) is 34.5 Å². The van der Waals surface area contributed by atoms with Crippen LogP contribution in [0.4, 0.5) is 0 Å². The van der Waals surface area contributed by atoms with Crippen LogP contribution in [0, 0.1) is 5.92 Å². The lowest BCUT2D eigenvalue weighted by molar-refractivity contribution is 0.443. The van der Waals surface area contributed by atoms with E-state index in [0.29, 0.717) is 5.92 Å². The average Bonchev–Trinajstić information content (AvgIpc) is 3.18. The van der Waals surface area contributed by atoms with Crippen LogP contribution in [0.5, 0.6) is 0 Å². The highest BCUT2D eigenvalue weighted by atomic mass is 32.1. The molecule has 0 aliphatic rings. The molecule has 120 valence electrons. The Kier molecular flexibility index (Phi) is 6.45. The molecule has 0 spiro atoms. The van der Waals surface area contributed by atoms with Crippen molar-refractivity contribution in [1.29, 1.82) is 0 Å². The number of aromatic nitrogens is 2. The van der Waals surface area contributed by atoms with E-state index >= 15 is 0 Å². The second-order valence-electron chi connectivity index (χ2n) is 5.36. The third-order valence-corrected chi connectivity index (χ3v) is 4.62. The summed E-state index contributed by atoms with van der Waals surface area (Å²) in [5.41, 5.74) is 0. The molecule has 0 saturated carbocycles. The van der Waals surface area contributed by atoms with E-state index in [-0.39, 0.29) is 0 Å². The van der Waals surface area contributed by atoms with Crippen LogP contribution in [-0.4, -0.2) is 29.3 Å². The Morgan fingerprint density at radius 3 is 2.82 bits per heavy atom. The Hall–Kier alpha value is -1.82. The molecular weight excluding hydrogens is 294 g/mol. The van der Waals surface area contributed by atoms with E-state index in [4.69, 9.17) is 0 Å². The van der Waals surface area contributed by atoms with Crippen molar-refractivity contribution in [3.05, 3.63) is 40.3 Å². The SMILES string of the molecule is CCc1ccc(CNC(=NC)NCC(C)Cn2cccn2)s1. The first-order valence-electron chi connectivity index (χ1n) is 7.70. The van der Waals surface area contributed by atoms with Crippen molar-refractivity contribution in [3.63, 3.8) is 0 Å². The molecule has 0 saturated heterocycles. The fourth-order valence-corrected chi connectivity index (χ4v) is 3.06. The summed E-state index contributed by atoms with van der Waals surface area (Å²) in [5.74, 6) is 1.32. The third kappa shape index (κ3) is 5.18. The summed E-state index contributed by atoms with van der Waals surface area (Å²) in [6.45, 7) is 6.98. The van der Waals surface area contributed by atoms with Gasteiger partial charge in [0.05, 0.1) is 6.54 Å². The largest absolute Gasteiger partial charge is 0.356 e. The van der Waals surface area contributed by atoms with Crippen molar-refractivity contribution < 1.29 is 0 Å². The minimum atomic E-state index is 0.479. The van der Waals surface area contributed by atoms with Crippen LogP contribution < -0.4 is 10.6 Å². The van der Waals surface area contributed by atoms with Gasteiger partial charge in [0.2, 0.25) is 0 Å². The van der Waals surface area contributed by atoms with Crippen molar-refractivity contribution in [2.24, 2.45) is 10.9 Å². The molecule has 0 fully saturated rings. The van der Waals surface area contributed by atoms with E-state index < -0.39 is 0 Å². The molecule has 0 aromatic carbocycles. The van der Waals surface area contributed by atoms with Gasteiger partial charge < -0.3 is 10.6 Å². The van der Waals surface area contributed by atoms with Crippen molar-refractivity contribution in [2.75, 3.05) is 13.6 Å². The van der Waals surface area contributed by atoms with Crippen LogP contribution in [0.25, 0.3) is 0 Å². The Morgan fingerprint density at radius 2 is 2.18 bits per heavy atom. The average molecular weight is 319 g/mol. The van der Waals surface area contributed by atoms with Crippen LogP contribution in [0.3, 0.4) is 0 Å². The summed E-state index contributed by atoms with van der Waals surface area (Å²) >= 11 is 1.86. The van der Waals surface area contributed by atoms with Gasteiger partial charge in [0.1, 0.15) is 0 Å². The highest BCUT2D eigenvalue weighted by Gasteiger charge is 2.06. The van der Waals surface area contributed by atoms with Gasteiger partial charge in [-0.3, -0.25) is 9.67 Å². The first-order valence-corrected chi connectivity index (χ1v) is 8.52. The maximum Gasteiger partial charge on any atom is 0.191 e. The maximum absolute atomic E-state index is 4.28. The van der Waals surface area contributed by atoms with Gasteiger partial charge in [-0.05, 0) is 30.5 Å². The zero-order valence-electron chi connectivity index (χ0n) is 13.5. The van der Waals surface area contributed by atoms with Crippen molar-refractivity contribution in [2.45, 2.75) is 33.4 Å². The van der Waals surface area contributed by atoms with E-state index in [1.165, 1.54) is 9.75 Å². The highest BCUT2D eigenvalue weighted by Crippen LogP contribution is 2.16. The zero-order chi connectivity index (χ0) is 15.8. The minimum Gasteiger partial charge on any atom is -0.356 e. The van der Waals surface area contributed by atoms with Gasteiger partial charge in [-0.2, -0.15) is 5.10 Å². The molecule has 0 aliphatic heterocycles. The lowest BCUT2D eigenvalue weighted by Gasteiger charge is -2.15. The second-order valence-corrected chi connectivity index (χ2v) is 6.61. The molecular formula is C16H25N5S. The summed E-state index contributed by atoms with van der Waals surface area (Å²) < 4.78 is 1.96. The number of aryl methyl sites for hydroxylation is 1. The first kappa shape index (κ1) is 16.5. The topological polar surface area (TPSA) is 54.2 Å². The summed E-state index contributed by atoms with van der Waals surface area (Å²) in [7, 11) is 1.80. The van der Waals surface area contributed by atoms with Crippen molar-refractivity contribution in [3.8, 4) is 0 Å². The molecule has 2 rings (SSSR count). The van der Waals surface area contributed by atoms with Crippen LogP contribution in [-0.2, 0) is 19.5 Å². The predicted octanol–water partition coefficient (Wildman–Crippen LogP) is 2.51. The monoisotopic (exact) mass is 319 g/mol. The number of hydrogen-bond donors (Lipinski definition) is 2. The smallest absolute Gasteiger partial charge is 0.191 e. The number of thiophene rings is 1. The van der Waals surface area contributed by atoms with Crippen molar-refractivity contribution >= 4 is 17.3 Å². The zero-order valence-corrected chi connectivity index (χ0v) is 14.4. The van der Waals surface area contributed by atoms with Crippen LogP contribution in [0.15, 0.2) is 35.6 Å². The van der Waals surface area contributed by atoms with Crippen LogP contribution in [0.1, 0.15) is 23.6 Å². The summed E-state index contributed by atoms with van der Waals surface area (Å²) in [4.78, 5) is 7.04. The van der Waals surface area contributed by atoms with Crippen LogP contribution in [0.2, 0.25) is 0 Å². The number of nitrogens with one attached hydrogen (secondary N) is 2. The second kappa shape index (κ2) is 8.58. The van der Waals surface area contributed by atoms with E-state index in [0.717, 1.165) is 32.0 Å². The summed E-state index contributed by atoms with van der Waals surface area (Å²) in [6, 6.07) is 6.33. The quantitative estimate of drug-likeness (QED) is 0.609. The molecule has 0 amide bonds. The number of rotatable bonds is 7. The van der Waals surface area contributed by atoms with Gasteiger partial charge in [-0.15, -0.1) is 11.3 Å². The molecule has 0 bridgehead atoms. The van der Waals surface area contributed by atoms with Gasteiger partial charge in [-0.25, -0.2) is 0 Å². The van der Waals surface area contributed by atoms with E-state index in [9.17, 15) is 0 Å². The third-order valence-electron chi connectivity index (χ3n) is 3.40. The van der Waals surface area contributed by atoms with Gasteiger partial charge >= 0.3 is 0 Å². The molecule has 2 aromatic heterocycles. The highest BCUT2D eigenvalue weighted by molar-refractivity contribution is 7.11. The number of aliphatic imine (C=N–C) groups is 1. The number of nitrogens with zero attached hydrogens (tertiary/aromatic N) is 3. The Balaban J connectivity index is 1.72. The Labute approximate surface area is 136 Å². The molecule has 5 nitrogen and oxygen atoms in total. The van der Waals surface area contributed by atoms with Gasteiger partial charge in [0, 0.05) is 42.3 Å². The van der Waals surface area contributed by atoms with Crippen molar-refractivity contribution in [1.82, 2.24) is 20.4 Å². The molecule has 0 radical (unpaired) electrons. The molecule has 1 unspecified atom stereocenters. The fraction of sp³-hybridized carbons (Fsp3) is 0.500. The first-order chi connectivity index (χ1) is 10.7. The van der Waals surface area contributed by atoms with E-state index in [1.54, 1.807) is 7.05 Å². The molecule has 2 aromatic rings. The molecule has 6 heteroatoms. The lowest BCUT2D eigenvalue weighted by Crippen LogP contribution is -2.39. The van der Waals surface area contributed by atoms with Crippen LogP contribution >= 0.6 is 11.3 Å². The number of guanidine groups is 1. The molecule has 2 N–H and O–H groups in total. The summed E-state index contributed by atoms with van der Waals surface area (Å²) in [5, 5.41) is 11.0. The lowest BCUT2D eigenvalue weighted by atomic mass is 10.2. The molecule has 0 aliphatic carbocycles. The van der Waals surface area contributed by atoms with Gasteiger partial charge in [0.25, 0.3) is 0 Å². The maximum atomic E-state index is 4.28. The summed E-state index contributed by atoms with van der Waals surface area (Å²) in [6.07, 6.45) is 4.90. The minimum absolute atomic E-state index is 0.479. The Morgan fingerprint density at radius 1 is 1.36 bits per heavy atom. The Bertz CT molecular complexity index is 573. The molecule has 1 atom stereocenters. The van der Waals surface area contributed by atoms with E-state index in [2.05, 4.69) is 46.7 Å². The number of hydrogen-bond acceptors (Lipinski definition) is 3. The predicted molar refractivity (Wildman–Crippen MR) is 93.3 cm³/mol. The standard InChI is InChI=1S/C16H25N5S/c1-4-14-6-7-15(22-14)11-19-16(17-3)18-10-13(2)12-21-9-5-8-20-21/h5-9,13H,4,10-12H2,1-3H3,(H2,17,18,19).